The van der Waals surface area contributed by atoms with Crippen molar-refractivity contribution < 1.29 is 18.3 Å². The zero-order valence-corrected chi connectivity index (χ0v) is 15.3. The lowest BCUT2D eigenvalue weighted by Crippen LogP contribution is -2.08. The molecule has 0 saturated heterocycles. The first-order valence-electron chi connectivity index (χ1n) is 8.82. The quantitative estimate of drug-likeness (QED) is 0.540. The molecule has 1 amide bonds. The second kappa shape index (κ2) is 9.94. The van der Waals surface area contributed by atoms with Crippen molar-refractivity contribution in [1.82, 2.24) is 4.98 Å². The van der Waals surface area contributed by atoms with Crippen LogP contribution in [0.25, 0.3) is 18.2 Å². The van der Waals surface area contributed by atoms with E-state index in [1.807, 2.05) is 48.6 Å². The van der Waals surface area contributed by atoms with Crippen molar-refractivity contribution >= 4 is 29.8 Å². The highest BCUT2D eigenvalue weighted by Gasteiger charge is 2.07. The number of carbonyl (C=O) groups excluding carboxylic acids is 1. The van der Waals surface area contributed by atoms with E-state index in [0.717, 1.165) is 11.3 Å². The van der Waals surface area contributed by atoms with Gasteiger partial charge in [0, 0.05) is 23.5 Å². The number of amides is 1. The predicted octanol–water partition coefficient (Wildman–Crippen LogP) is 5.51. The van der Waals surface area contributed by atoms with Crippen molar-refractivity contribution in [2.75, 3.05) is 5.32 Å². The van der Waals surface area contributed by atoms with Crippen molar-refractivity contribution in [3.8, 4) is 5.75 Å². The fraction of sp³-hybridized carbons (Fsp3) is 0.0435. The first-order valence-corrected chi connectivity index (χ1v) is 8.82. The van der Waals surface area contributed by atoms with E-state index < -0.39 is 6.61 Å². The molecule has 146 valence electrons. The first kappa shape index (κ1) is 19.9. The number of ether oxygens (including phenoxy) is 1. The van der Waals surface area contributed by atoms with Gasteiger partial charge in [-0.05, 0) is 48.0 Å². The van der Waals surface area contributed by atoms with E-state index in [1.165, 1.54) is 18.2 Å². The molecule has 6 heteroatoms. The molecule has 0 radical (unpaired) electrons. The standard InChI is InChI=1S/C23H18F2N2O2/c24-23(25)29-21-10-2-1-7-18(21)12-14-22(28)27-20-9-5-6-17(16-20)11-13-19-8-3-4-15-26-19/h1-16,23H,(H,27,28)/b13-11+,14-12+. The van der Waals surface area contributed by atoms with Gasteiger partial charge in [0.05, 0.1) is 5.69 Å². The van der Waals surface area contributed by atoms with Gasteiger partial charge in [0.2, 0.25) is 5.91 Å². The van der Waals surface area contributed by atoms with Gasteiger partial charge < -0.3 is 10.1 Å². The summed E-state index contributed by atoms with van der Waals surface area (Å²) in [6, 6.07) is 19.2. The molecule has 0 aliphatic carbocycles. The number of carbonyl (C=O) groups is 1. The molecule has 3 aromatic rings. The van der Waals surface area contributed by atoms with E-state index in [1.54, 1.807) is 30.5 Å². The van der Waals surface area contributed by atoms with Gasteiger partial charge in [0.1, 0.15) is 5.75 Å². The number of pyridine rings is 1. The third kappa shape index (κ3) is 6.39. The molecule has 29 heavy (non-hydrogen) atoms. The zero-order chi connectivity index (χ0) is 20.5. The Morgan fingerprint density at radius 3 is 2.59 bits per heavy atom. The molecular weight excluding hydrogens is 374 g/mol. The lowest BCUT2D eigenvalue weighted by molar-refractivity contribution is -0.111. The van der Waals surface area contributed by atoms with Crippen molar-refractivity contribution in [2.45, 2.75) is 6.61 Å². The van der Waals surface area contributed by atoms with Gasteiger partial charge in [-0.15, -0.1) is 0 Å². The Labute approximate surface area is 167 Å². The van der Waals surface area contributed by atoms with Crippen LogP contribution in [-0.4, -0.2) is 17.5 Å². The second-order valence-electron chi connectivity index (χ2n) is 5.95. The Bertz CT molecular complexity index is 1020. The number of alkyl halides is 2. The molecule has 1 heterocycles. The smallest absolute Gasteiger partial charge is 0.387 e. The van der Waals surface area contributed by atoms with Gasteiger partial charge in [-0.2, -0.15) is 8.78 Å². The van der Waals surface area contributed by atoms with Crippen LogP contribution in [0.1, 0.15) is 16.8 Å². The molecular formula is C23H18F2N2O2. The molecule has 0 bridgehead atoms. The average Bonchev–Trinajstić information content (AvgIpc) is 2.72. The van der Waals surface area contributed by atoms with Gasteiger partial charge in [-0.1, -0.05) is 42.5 Å². The first-order chi connectivity index (χ1) is 14.1. The maximum atomic E-state index is 12.5. The SMILES string of the molecule is O=C(/C=C/c1ccccc1OC(F)F)Nc1cccc(/C=C/c2ccccn2)c1. The third-order valence-electron chi connectivity index (χ3n) is 3.84. The van der Waals surface area contributed by atoms with Gasteiger partial charge in [0.15, 0.2) is 0 Å². The number of rotatable bonds is 7. The van der Waals surface area contributed by atoms with E-state index in [-0.39, 0.29) is 11.7 Å². The van der Waals surface area contributed by atoms with Crippen LogP contribution in [0.15, 0.2) is 79.0 Å². The average molecular weight is 392 g/mol. The summed E-state index contributed by atoms with van der Waals surface area (Å²) in [5.41, 5.74) is 2.72. The van der Waals surface area contributed by atoms with Gasteiger partial charge in [-0.3, -0.25) is 9.78 Å². The Balaban J connectivity index is 1.65. The molecule has 1 N–H and O–H groups in total. The minimum absolute atomic E-state index is 0.00760. The summed E-state index contributed by atoms with van der Waals surface area (Å²) >= 11 is 0. The number of hydrogen-bond donors (Lipinski definition) is 1. The van der Waals surface area contributed by atoms with Crippen molar-refractivity contribution in [3.05, 3.63) is 95.8 Å². The van der Waals surface area contributed by atoms with E-state index >= 15 is 0 Å². The van der Waals surface area contributed by atoms with Gasteiger partial charge in [0.25, 0.3) is 0 Å². The molecule has 2 aromatic carbocycles. The van der Waals surface area contributed by atoms with Gasteiger partial charge >= 0.3 is 6.61 Å². The lowest BCUT2D eigenvalue weighted by atomic mass is 10.1. The van der Waals surface area contributed by atoms with Crippen LogP contribution in [0, 0.1) is 0 Å². The molecule has 3 rings (SSSR count). The number of halogens is 2. The highest BCUT2D eigenvalue weighted by molar-refractivity contribution is 6.02. The third-order valence-corrected chi connectivity index (χ3v) is 3.84. The number of anilines is 1. The summed E-state index contributed by atoms with van der Waals surface area (Å²) in [6.07, 6.45) is 8.18. The number of aromatic nitrogens is 1. The van der Waals surface area contributed by atoms with Crippen molar-refractivity contribution in [3.63, 3.8) is 0 Å². The normalized spacial score (nSPS) is 11.3. The zero-order valence-electron chi connectivity index (χ0n) is 15.3. The summed E-state index contributed by atoms with van der Waals surface area (Å²) in [5.74, 6) is -0.379. The lowest BCUT2D eigenvalue weighted by Gasteiger charge is -2.07. The minimum Gasteiger partial charge on any atom is -0.434 e. The summed E-state index contributed by atoms with van der Waals surface area (Å²) in [5, 5.41) is 2.75. The topological polar surface area (TPSA) is 51.2 Å². The van der Waals surface area contributed by atoms with Crippen molar-refractivity contribution in [2.24, 2.45) is 0 Å². The molecule has 0 fully saturated rings. The predicted molar refractivity (Wildman–Crippen MR) is 110 cm³/mol. The van der Waals surface area contributed by atoms with Crippen LogP contribution in [0.4, 0.5) is 14.5 Å². The molecule has 0 unspecified atom stereocenters. The highest BCUT2D eigenvalue weighted by Crippen LogP contribution is 2.21. The number of hydrogen-bond acceptors (Lipinski definition) is 3. The summed E-state index contributed by atoms with van der Waals surface area (Å²) < 4.78 is 29.4. The van der Waals surface area contributed by atoms with Crippen molar-refractivity contribution in [1.29, 1.82) is 0 Å². The molecule has 0 spiro atoms. The monoisotopic (exact) mass is 392 g/mol. The Hall–Kier alpha value is -3.80. The highest BCUT2D eigenvalue weighted by atomic mass is 19.3. The molecule has 0 aliphatic rings. The number of benzene rings is 2. The molecule has 0 atom stereocenters. The van der Waals surface area contributed by atoms with Crippen LogP contribution in [0.5, 0.6) is 5.75 Å². The summed E-state index contributed by atoms with van der Waals surface area (Å²) in [4.78, 5) is 16.4. The van der Waals surface area contributed by atoms with E-state index in [4.69, 9.17) is 0 Å². The van der Waals surface area contributed by atoms with E-state index in [0.29, 0.717) is 11.3 Å². The Kier molecular flexibility index (Phi) is 6.84. The Morgan fingerprint density at radius 1 is 0.966 bits per heavy atom. The maximum Gasteiger partial charge on any atom is 0.387 e. The largest absolute Gasteiger partial charge is 0.434 e. The summed E-state index contributed by atoms with van der Waals surface area (Å²) in [6.45, 7) is -2.93. The molecule has 4 nitrogen and oxygen atoms in total. The fourth-order valence-corrected chi connectivity index (χ4v) is 2.55. The number of para-hydroxylation sites is 1. The van der Waals surface area contributed by atoms with Crippen LogP contribution < -0.4 is 10.1 Å². The Morgan fingerprint density at radius 2 is 1.79 bits per heavy atom. The summed E-state index contributed by atoms with van der Waals surface area (Å²) in [7, 11) is 0. The van der Waals surface area contributed by atoms with Crippen LogP contribution in [0.2, 0.25) is 0 Å². The van der Waals surface area contributed by atoms with E-state index in [9.17, 15) is 13.6 Å². The van der Waals surface area contributed by atoms with Gasteiger partial charge in [-0.25, -0.2) is 0 Å². The number of nitrogens with one attached hydrogen (secondary N) is 1. The number of nitrogens with zero attached hydrogens (tertiary/aromatic N) is 1. The fourth-order valence-electron chi connectivity index (χ4n) is 2.55. The molecule has 0 aliphatic heterocycles. The van der Waals surface area contributed by atoms with Crippen LogP contribution in [0.3, 0.4) is 0 Å². The molecule has 0 saturated carbocycles. The van der Waals surface area contributed by atoms with Crippen LogP contribution in [-0.2, 0) is 4.79 Å². The van der Waals surface area contributed by atoms with E-state index in [2.05, 4.69) is 15.0 Å². The maximum absolute atomic E-state index is 12.5. The van der Waals surface area contributed by atoms with Crippen LogP contribution >= 0.6 is 0 Å². The molecule has 1 aromatic heterocycles. The minimum atomic E-state index is -2.93. The second-order valence-corrected chi connectivity index (χ2v) is 5.95.